The molecule has 0 bridgehead atoms. The summed E-state index contributed by atoms with van der Waals surface area (Å²) in [5.74, 6) is -0.377. The normalized spacial score (nSPS) is 20.8. The zero-order valence-electron chi connectivity index (χ0n) is 12.7. The molecule has 1 fully saturated rings. The number of hydrogen-bond acceptors (Lipinski definition) is 4. The molecule has 0 saturated carbocycles. The first-order chi connectivity index (χ1) is 10.6. The Bertz CT molecular complexity index is 568. The topological polar surface area (TPSA) is 76.7 Å². The number of nitrogens with one attached hydrogen (secondary N) is 2. The van der Waals surface area contributed by atoms with Crippen LogP contribution in [0.2, 0.25) is 0 Å². The van der Waals surface area contributed by atoms with Crippen LogP contribution in [0, 0.1) is 5.92 Å². The lowest BCUT2D eigenvalue weighted by Crippen LogP contribution is -2.50. The number of rotatable bonds is 5. The van der Waals surface area contributed by atoms with Crippen LogP contribution in [0.25, 0.3) is 0 Å². The minimum atomic E-state index is -0.676. The highest BCUT2D eigenvalue weighted by Gasteiger charge is 2.38. The number of carbonyl (C=O) groups excluding carboxylic acids is 2. The van der Waals surface area contributed by atoms with Gasteiger partial charge in [0.2, 0.25) is 0 Å². The van der Waals surface area contributed by atoms with E-state index in [-0.39, 0.29) is 6.03 Å². The number of methoxy groups -OCH3 is 1. The zero-order valence-corrected chi connectivity index (χ0v) is 12.7. The molecule has 0 spiro atoms. The number of esters is 1. The van der Waals surface area contributed by atoms with Gasteiger partial charge in [0.15, 0.2) is 0 Å². The third-order valence-electron chi connectivity index (χ3n) is 3.44. The molecule has 22 heavy (non-hydrogen) atoms. The van der Waals surface area contributed by atoms with Gasteiger partial charge in [-0.3, -0.25) is 4.79 Å². The van der Waals surface area contributed by atoms with E-state index in [1.165, 1.54) is 7.11 Å². The predicted octanol–water partition coefficient (Wildman–Crippen LogP) is 2.13. The summed E-state index contributed by atoms with van der Waals surface area (Å²) in [5.41, 5.74) is 1.11. The number of urea groups is 1. The second-order valence-corrected chi connectivity index (χ2v) is 5.02. The summed E-state index contributed by atoms with van der Waals surface area (Å²) in [4.78, 5) is 23.6. The largest absolute Gasteiger partial charge is 0.494 e. The first-order valence-electron chi connectivity index (χ1n) is 7.13. The Labute approximate surface area is 129 Å². The molecule has 6 heteroatoms. The van der Waals surface area contributed by atoms with Crippen LogP contribution in [0.1, 0.15) is 24.9 Å². The van der Waals surface area contributed by atoms with Crippen molar-refractivity contribution >= 4 is 12.0 Å². The number of hydrogen-bond donors (Lipinski definition) is 2. The second kappa shape index (κ2) is 6.98. The second-order valence-electron chi connectivity index (χ2n) is 5.02. The van der Waals surface area contributed by atoms with Gasteiger partial charge in [0.1, 0.15) is 11.7 Å². The van der Waals surface area contributed by atoms with E-state index in [1.807, 2.05) is 31.2 Å². The number of amides is 2. The van der Waals surface area contributed by atoms with E-state index >= 15 is 0 Å². The van der Waals surface area contributed by atoms with E-state index in [0.29, 0.717) is 12.3 Å². The van der Waals surface area contributed by atoms with Gasteiger partial charge in [-0.05, 0) is 24.1 Å². The predicted molar refractivity (Wildman–Crippen MR) is 81.3 cm³/mol. The van der Waals surface area contributed by atoms with Crippen molar-refractivity contribution in [3.8, 4) is 5.75 Å². The van der Waals surface area contributed by atoms with Crippen molar-refractivity contribution in [1.29, 1.82) is 0 Å². The van der Waals surface area contributed by atoms with Crippen molar-refractivity contribution in [2.75, 3.05) is 13.7 Å². The Morgan fingerprint density at radius 2 is 2.00 bits per heavy atom. The van der Waals surface area contributed by atoms with Gasteiger partial charge in [0.05, 0.1) is 19.8 Å². The molecule has 0 aliphatic carbocycles. The van der Waals surface area contributed by atoms with Crippen molar-refractivity contribution in [3.05, 3.63) is 42.1 Å². The fourth-order valence-corrected chi connectivity index (χ4v) is 2.36. The summed E-state index contributed by atoms with van der Waals surface area (Å²) < 4.78 is 10.3. The molecule has 118 valence electrons. The van der Waals surface area contributed by atoms with E-state index in [4.69, 9.17) is 9.47 Å². The minimum absolute atomic E-state index is 0.326. The van der Waals surface area contributed by atoms with Gasteiger partial charge >= 0.3 is 12.0 Å². The van der Waals surface area contributed by atoms with E-state index < -0.39 is 17.9 Å². The van der Waals surface area contributed by atoms with Crippen molar-refractivity contribution in [2.24, 2.45) is 5.92 Å². The highest BCUT2D eigenvalue weighted by Crippen LogP contribution is 2.31. The van der Waals surface area contributed by atoms with Gasteiger partial charge in [0, 0.05) is 5.70 Å². The standard InChI is InChI=1S/C16H20N2O4/c1-4-9-22-12-7-5-11(6-8-12)14-13(15(19)21-3)10(2)17-16(20)18-14/h5-8,13-14H,2,4,9H2,1,3H3,(H2,17,18,20)/t13-,14+/m1/s1. The van der Waals surface area contributed by atoms with E-state index in [0.717, 1.165) is 17.7 Å². The monoisotopic (exact) mass is 304 g/mol. The maximum atomic E-state index is 12.0. The Balaban J connectivity index is 2.24. The van der Waals surface area contributed by atoms with Crippen LogP contribution in [0.15, 0.2) is 36.5 Å². The molecule has 2 rings (SSSR count). The van der Waals surface area contributed by atoms with Crippen LogP contribution in [0.4, 0.5) is 4.79 Å². The number of ether oxygens (including phenoxy) is 2. The highest BCUT2D eigenvalue weighted by atomic mass is 16.5. The maximum Gasteiger partial charge on any atom is 0.319 e. The quantitative estimate of drug-likeness (QED) is 0.817. The molecule has 1 aromatic rings. The van der Waals surface area contributed by atoms with Crippen LogP contribution in [-0.2, 0) is 9.53 Å². The summed E-state index contributed by atoms with van der Waals surface area (Å²) >= 11 is 0. The summed E-state index contributed by atoms with van der Waals surface area (Å²) in [5, 5.41) is 5.25. The molecule has 0 unspecified atom stereocenters. The molecule has 2 atom stereocenters. The molecule has 1 heterocycles. The fourth-order valence-electron chi connectivity index (χ4n) is 2.36. The lowest BCUT2D eigenvalue weighted by Gasteiger charge is -2.33. The average molecular weight is 304 g/mol. The maximum absolute atomic E-state index is 12.0. The molecule has 2 amide bonds. The first kappa shape index (κ1) is 15.9. The van der Waals surface area contributed by atoms with Crippen LogP contribution in [0.5, 0.6) is 5.75 Å². The Kier molecular flexibility index (Phi) is 5.04. The summed E-state index contributed by atoms with van der Waals surface area (Å²) in [7, 11) is 1.31. The summed E-state index contributed by atoms with van der Waals surface area (Å²) in [6.45, 7) is 6.43. The van der Waals surface area contributed by atoms with Crippen molar-refractivity contribution < 1.29 is 19.1 Å². The SMILES string of the molecule is C=C1NC(=O)N[C@@H](c2ccc(OCCC)cc2)[C@@H]1C(=O)OC. The van der Waals surface area contributed by atoms with Crippen molar-refractivity contribution in [3.63, 3.8) is 0 Å². The van der Waals surface area contributed by atoms with Gasteiger partial charge in [-0.25, -0.2) is 4.79 Å². The first-order valence-corrected chi connectivity index (χ1v) is 7.13. The number of carbonyl (C=O) groups is 2. The fraction of sp³-hybridized carbons (Fsp3) is 0.375. The minimum Gasteiger partial charge on any atom is -0.494 e. The van der Waals surface area contributed by atoms with Crippen molar-refractivity contribution in [1.82, 2.24) is 10.6 Å². The van der Waals surface area contributed by atoms with Gasteiger partial charge in [-0.1, -0.05) is 25.6 Å². The van der Waals surface area contributed by atoms with Gasteiger partial charge < -0.3 is 20.1 Å². The van der Waals surface area contributed by atoms with Crippen molar-refractivity contribution in [2.45, 2.75) is 19.4 Å². The molecule has 1 aliphatic heterocycles. The summed E-state index contributed by atoms with van der Waals surface area (Å²) in [6, 6.07) is 6.37. The van der Waals surface area contributed by atoms with E-state index in [1.54, 1.807) is 0 Å². The lowest BCUT2D eigenvalue weighted by molar-refractivity contribution is -0.145. The average Bonchev–Trinajstić information content (AvgIpc) is 2.52. The molecular formula is C16H20N2O4. The smallest absolute Gasteiger partial charge is 0.319 e. The van der Waals surface area contributed by atoms with Crippen LogP contribution >= 0.6 is 0 Å². The van der Waals surface area contributed by atoms with Gasteiger partial charge in [-0.2, -0.15) is 0 Å². The van der Waals surface area contributed by atoms with Crippen LogP contribution in [0.3, 0.4) is 0 Å². The molecule has 1 saturated heterocycles. The molecule has 2 N–H and O–H groups in total. The Morgan fingerprint density at radius 3 is 2.59 bits per heavy atom. The molecule has 6 nitrogen and oxygen atoms in total. The van der Waals surface area contributed by atoms with Gasteiger partial charge in [0.25, 0.3) is 0 Å². The molecular weight excluding hydrogens is 284 g/mol. The van der Waals surface area contributed by atoms with Crippen LogP contribution < -0.4 is 15.4 Å². The third kappa shape index (κ3) is 3.39. The summed E-state index contributed by atoms with van der Waals surface area (Å²) in [6.07, 6.45) is 0.927. The highest BCUT2D eigenvalue weighted by molar-refractivity contribution is 5.85. The third-order valence-corrected chi connectivity index (χ3v) is 3.44. The zero-order chi connectivity index (χ0) is 16.1. The van der Waals surface area contributed by atoms with Gasteiger partial charge in [-0.15, -0.1) is 0 Å². The number of benzene rings is 1. The molecule has 0 aromatic heterocycles. The molecule has 1 aliphatic rings. The van der Waals surface area contributed by atoms with E-state index in [2.05, 4.69) is 17.2 Å². The van der Waals surface area contributed by atoms with E-state index in [9.17, 15) is 9.59 Å². The van der Waals surface area contributed by atoms with Crippen LogP contribution in [-0.4, -0.2) is 25.7 Å². The molecule has 1 aromatic carbocycles. The Morgan fingerprint density at radius 1 is 1.32 bits per heavy atom. The Hall–Kier alpha value is -2.50. The lowest BCUT2D eigenvalue weighted by atomic mass is 9.89. The molecule has 0 radical (unpaired) electrons.